The maximum Gasteiger partial charge on any atom is 0.262 e. The van der Waals surface area contributed by atoms with Gasteiger partial charge in [-0.2, -0.15) is 0 Å². The van der Waals surface area contributed by atoms with Crippen LogP contribution in [0.5, 0.6) is 11.5 Å². The predicted molar refractivity (Wildman–Crippen MR) is 116 cm³/mol. The quantitative estimate of drug-likeness (QED) is 0.483. The molecule has 30 heavy (non-hydrogen) atoms. The lowest BCUT2D eigenvalue weighted by Crippen LogP contribution is -2.20. The fourth-order valence-corrected chi connectivity index (χ4v) is 3.25. The number of nitrogens with one attached hydrogen (secondary N) is 1. The largest absolute Gasteiger partial charge is 0.497 e. The molecular weight excluding hydrogens is 380 g/mol. The fourth-order valence-electron chi connectivity index (χ4n) is 3.25. The maximum atomic E-state index is 12.3. The summed E-state index contributed by atoms with van der Waals surface area (Å²) in [5.41, 5.74) is 4.92. The standard InChI is InChI=1S/C24H22N2O4/c1-15-9-16(2)11-20(10-15)29-14-23(27)25-18-7-8-22-21(13-18)26-24(30-22)17-5-4-6-19(12-17)28-3/h4-13H,14H2,1-3H3,(H,25,27). The summed E-state index contributed by atoms with van der Waals surface area (Å²) >= 11 is 0. The van der Waals surface area contributed by atoms with Gasteiger partial charge in [-0.15, -0.1) is 0 Å². The molecule has 0 atom stereocenters. The Morgan fingerprint density at radius 3 is 2.57 bits per heavy atom. The van der Waals surface area contributed by atoms with Gasteiger partial charge in [0.2, 0.25) is 5.89 Å². The van der Waals surface area contributed by atoms with Gasteiger partial charge in [-0.1, -0.05) is 12.1 Å². The van der Waals surface area contributed by atoms with Crippen molar-refractivity contribution < 1.29 is 18.7 Å². The molecule has 0 aliphatic carbocycles. The van der Waals surface area contributed by atoms with Crippen molar-refractivity contribution in [3.8, 4) is 23.0 Å². The number of amides is 1. The van der Waals surface area contributed by atoms with Crippen LogP contribution in [0.3, 0.4) is 0 Å². The summed E-state index contributed by atoms with van der Waals surface area (Å²) in [6.07, 6.45) is 0. The van der Waals surface area contributed by atoms with E-state index in [0.717, 1.165) is 22.4 Å². The number of ether oxygens (including phenoxy) is 2. The average Bonchev–Trinajstić information content (AvgIpc) is 3.15. The summed E-state index contributed by atoms with van der Waals surface area (Å²) in [5, 5.41) is 2.84. The number of nitrogens with zero attached hydrogens (tertiary/aromatic N) is 1. The zero-order valence-corrected chi connectivity index (χ0v) is 17.1. The predicted octanol–water partition coefficient (Wildman–Crippen LogP) is 5.14. The van der Waals surface area contributed by atoms with Gasteiger partial charge in [0.25, 0.3) is 5.91 Å². The molecule has 0 saturated carbocycles. The SMILES string of the molecule is COc1cccc(-c2nc3cc(NC(=O)COc4cc(C)cc(C)c4)ccc3o2)c1. The van der Waals surface area contributed by atoms with Crippen LogP contribution in [0.4, 0.5) is 5.69 Å². The number of anilines is 1. The molecule has 152 valence electrons. The topological polar surface area (TPSA) is 73.6 Å². The highest BCUT2D eigenvalue weighted by Gasteiger charge is 2.11. The molecule has 0 aliphatic rings. The van der Waals surface area contributed by atoms with Gasteiger partial charge in [-0.3, -0.25) is 4.79 Å². The van der Waals surface area contributed by atoms with Gasteiger partial charge in [-0.25, -0.2) is 4.98 Å². The molecule has 1 amide bonds. The van der Waals surface area contributed by atoms with Gasteiger partial charge in [0.1, 0.15) is 17.0 Å². The smallest absolute Gasteiger partial charge is 0.262 e. The summed E-state index contributed by atoms with van der Waals surface area (Å²) in [6.45, 7) is 3.91. The summed E-state index contributed by atoms with van der Waals surface area (Å²) in [4.78, 5) is 16.8. The number of aryl methyl sites for hydroxylation is 2. The molecule has 1 heterocycles. The van der Waals surface area contributed by atoms with Crippen molar-refractivity contribution in [2.45, 2.75) is 13.8 Å². The molecule has 6 heteroatoms. The first-order valence-corrected chi connectivity index (χ1v) is 9.56. The zero-order valence-electron chi connectivity index (χ0n) is 17.1. The molecule has 1 N–H and O–H groups in total. The minimum absolute atomic E-state index is 0.0746. The van der Waals surface area contributed by atoms with E-state index in [2.05, 4.69) is 16.4 Å². The first kappa shape index (κ1) is 19.5. The highest BCUT2D eigenvalue weighted by molar-refractivity contribution is 5.94. The number of rotatable bonds is 6. The van der Waals surface area contributed by atoms with Crippen LogP contribution in [-0.2, 0) is 4.79 Å². The molecule has 0 saturated heterocycles. The Balaban J connectivity index is 1.46. The van der Waals surface area contributed by atoms with E-state index in [9.17, 15) is 4.79 Å². The summed E-state index contributed by atoms with van der Waals surface area (Å²) in [5.74, 6) is 1.65. The van der Waals surface area contributed by atoms with Crippen molar-refractivity contribution in [3.05, 3.63) is 71.8 Å². The van der Waals surface area contributed by atoms with E-state index >= 15 is 0 Å². The van der Waals surface area contributed by atoms with Gasteiger partial charge < -0.3 is 19.2 Å². The molecule has 0 fully saturated rings. The van der Waals surface area contributed by atoms with Crippen LogP contribution in [0.25, 0.3) is 22.6 Å². The molecule has 3 aromatic carbocycles. The minimum atomic E-state index is -0.245. The number of benzene rings is 3. The van der Waals surface area contributed by atoms with Gasteiger partial charge in [-0.05, 0) is 73.5 Å². The van der Waals surface area contributed by atoms with Gasteiger partial charge in [0, 0.05) is 11.3 Å². The van der Waals surface area contributed by atoms with E-state index in [-0.39, 0.29) is 12.5 Å². The third-order valence-electron chi connectivity index (χ3n) is 4.55. The van der Waals surface area contributed by atoms with Crippen molar-refractivity contribution in [2.75, 3.05) is 19.0 Å². The molecule has 0 aliphatic heterocycles. The van der Waals surface area contributed by atoms with Crippen LogP contribution in [0.15, 0.2) is 65.1 Å². The number of carbonyl (C=O) groups excluding carboxylic acids is 1. The molecule has 0 bridgehead atoms. The highest BCUT2D eigenvalue weighted by atomic mass is 16.5. The van der Waals surface area contributed by atoms with Crippen molar-refractivity contribution in [3.63, 3.8) is 0 Å². The Kier molecular flexibility index (Phi) is 5.39. The number of oxazole rings is 1. The lowest BCUT2D eigenvalue weighted by Gasteiger charge is -2.09. The Labute approximate surface area is 174 Å². The minimum Gasteiger partial charge on any atom is -0.497 e. The summed E-state index contributed by atoms with van der Waals surface area (Å²) < 4.78 is 16.7. The number of methoxy groups -OCH3 is 1. The summed E-state index contributed by atoms with van der Waals surface area (Å²) in [7, 11) is 1.62. The third-order valence-corrected chi connectivity index (χ3v) is 4.55. The highest BCUT2D eigenvalue weighted by Crippen LogP contribution is 2.28. The number of fused-ring (bicyclic) bond motifs is 1. The lowest BCUT2D eigenvalue weighted by molar-refractivity contribution is -0.118. The zero-order chi connectivity index (χ0) is 21.1. The van der Waals surface area contributed by atoms with Crippen LogP contribution in [0, 0.1) is 13.8 Å². The number of carbonyl (C=O) groups is 1. The first-order valence-electron chi connectivity index (χ1n) is 9.56. The Morgan fingerprint density at radius 1 is 1.00 bits per heavy atom. The molecule has 4 aromatic rings. The lowest BCUT2D eigenvalue weighted by atomic mass is 10.1. The van der Waals surface area contributed by atoms with Crippen molar-refractivity contribution in [1.82, 2.24) is 4.98 Å². The van der Waals surface area contributed by atoms with E-state index in [0.29, 0.717) is 28.4 Å². The van der Waals surface area contributed by atoms with Gasteiger partial charge >= 0.3 is 0 Å². The summed E-state index contributed by atoms with van der Waals surface area (Å²) in [6, 6.07) is 18.7. The normalized spacial score (nSPS) is 10.8. The fraction of sp³-hybridized carbons (Fsp3) is 0.167. The van der Waals surface area contributed by atoms with Crippen molar-refractivity contribution in [1.29, 1.82) is 0 Å². The Morgan fingerprint density at radius 2 is 1.80 bits per heavy atom. The second kappa shape index (κ2) is 8.29. The van der Waals surface area contributed by atoms with Crippen LogP contribution in [-0.4, -0.2) is 24.6 Å². The third kappa shape index (κ3) is 4.43. The van der Waals surface area contributed by atoms with Gasteiger partial charge in [0.05, 0.1) is 7.11 Å². The van der Waals surface area contributed by atoms with E-state index in [1.165, 1.54) is 0 Å². The van der Waals surface area contributed by atoms with Gasteiger partial charge in [0.15, 0.2) is 12.2 Å². The van der Waals surface area contributed by atoms with E-state index in [4.69, 9.17) is 13.9 Å². The van der Waals surface area contributed by atoms with E-state index in [1.54, 1.807) is 25.3 Å². The molecule has 4 rings (SSSR count). The van der Waals surface area contributed by atoms with E-state index in [1.807, 2.05) is 50.2 Å². The monoisotopic (exact) mass is 402 g/mol. The molecule has 0 spiro atoms. The second-order valence-corrected chi connectivity index (χ2v) is 7.09. The molecular formula is C24H22N2O4. The number of hydrogen-bond donors (Lipinski definition) is 1. The average molecular weight is 402 g/mol. The first-order chi connectivity index (χ1) is 14.5. The molecule has 6 nitrogen and oxygen atoms in total. The molecule has 1 aromatic heterocycles. The maximum absolute atomic E-state index is 12.3. The number of hydrogen-bond acceptors (Lipinski definition) is 5. The van der Waals surface area contributed by atoms with Crippen LogP contribution >= 0.6 is 0 Å². The van der Waals surface area contributed by atoms with Crippen LogP contribution in [0.1, 0.15) is 11.1 Å². The number of aromatic nitrogens is 1. The Bertz CT molecular complexity index is 1190. The van der Waals surface area contributed by atoms with E-state index < -0.39 is 0 Å². The molecule has 0 radical (unpaired) electrons. The Hall–Kier alpha value is -3.80. The van der Waals surface area contributed by atoms with Crippen molar-refractivity contribution >= 4 is 22.7 Å². The second-order valence-electron chi connectivity index (χ2n) is 7.09. The van der Waals surface area contributed by atoms with Crippen molar-refractivity contribution in [2.24, 2.45) is 0 Å². The van der Waals surface area contributed by atoms with Crippen LogP contribution in [0.2, 0.25) is 0 Å². The molecule has 0 unspecified atom stereocenters. The van der Waals surface area contributed by atoms with Crippen LogP contribution < -0.4 is 14.8 Å².